The molecular weight excluding hydrogens is 396 g/mol. The van der Waals surface area contributed by atoms with E-state index in [2.05, 4.69) is 4.98 Å². The van der Waals surface area contributed by atoms with Crippen LogP contribution >= 0.6 is 11.6 Å². The van der Waals surface area contributed by atoms with Gasteiger partial charge in [0.25, 0.3) is 0 Å². The van der Waals surface area contributed by atoms with Gasteiger partial charge in [-0.15, -0.1) is 0 Å². The second-order valence-electron chi connectivity index (χ2n) is 6.96. The summed E-state index contributed by atoms with van der Waals surface area (Å²) in [6, 6.07) is 7.27. The first-order chi connectivity index (χ1) is 13.9. The van der Waals surface area contributed by atoms with Gasteiger partial charge in [0.15, 0.2) is 6.29 Å². The molecule has 29 heavy (non-hydrogen) atoms. The van der Waals surface area contributed by atoms with Crippen molar-refractivity contribution in [3.63, 3.8) is 0 Å². The van der Waals surface area contributed by atoms with Crippen molar-refractivity contribution in [1.29, 1.82) is 0 Å². The van der Waals surface area contributed by atoms with Crippen LogP contribution in [0.5, 0.6) is 0 Å². The van der Waals surface area contributed by atoms with Crippen LogP contribution in [0.3, 0.4) is 0 Å². The summed E-state index contributed by atoms with van der Waals surface area (Å²) < 4.78 is 10.6. The second-order valence-corrected chi connectivity index (χ2v) is 7.40. The fraction of sp³-hybridized carbons (Fsp3) is 0.429. The quantitative estimate of drug-likeness (QED) is 0.515. The Balaban J connectivity index is 1.76. The summed E-state index contributed by atoms with van der Waals surface area (Å²) in [5.74, 6) is -1.51. The summed E-state index contributed by atoms with van der Waals surface area (Å²) >= 11 is 5.98. The zero-order chi connectivity index (χ0) is 21.0. The number of benzene rings is 1. The Bertz CT molecular complexity index is 856. The van der Waals surface area contributed by atoms with Gasteiger partial charge in [-0.3, -0.25) is 4.79 Å². The van der Waals surface area contributed by atoms with Crippen molar-refractivity contribution in [1.82, 2.24) is 4.98 Å². The predicted octanol–water partition coefficient (Wildman–Crippen LogP) is 4.18. The zero-order valence-corrected chi connectivity index (χ0v) is 17.2. The van der Waals surface area contributed by atoms with Crippen molar-refractivity contribution < 1.29 is 24.2 Å². The van der Waals surface area contributed by atoms with Crippen LogP contribution in [-0.2, 0) is 14.3 Å². The number of anilines is 1. The molecule has 156 valence electrons. The molecule has 7 nitrogen and oxygen atoms in total. The number of esters is 1. The van der Waals surface area contributed by atoms with Crippen molar-refractivity contribution in [2.45, 2.75) is 33.0 Å². The Kier molecular flexibility index (Phi) is 6.82. The van der Waals surface area contributed by atoms with Gasteiger partial charge in [0.05, 0.1) is 11.6 Å². The van der Waals surface area contributed by atoms with Crippen LogP contribution in [0, 0.1) is 5.92 Å². The molecule has 0 radical (unpaired) electrons. The third kappa shape index (κ3) is 4.92. The lowest BCUT2D eigenvalue weighted by atomic mass is 9.95. The molecule has 2 heterocycles. The number of nitrogens with one attached hydrogen (secondary N) is 1. The molecule has 3 rings (SSSR count). The van der Waals surface area contributed by atoms with Gasteiger partial charge in [-0.25, -0.2) is 4.79 Å². The summed E-state index contributed by atoms with van der Waals surface area (Å²) in [5, 5.41) is 10.2. The molecule has 2 aromatic rings. The highest BCUT2D eigenvalue weighted by atomic mass is 35.5. The molecule has 1 saturated heterocycles. The van der Waals surface area contributed by atoms with Gasteiger partial charge in [-0.1, -0.05) is 23.7 Å². The molecule has 1 aromatic heterocycles. The first kappa shape index (κ1) is 21.2. The van der Waals surface area contributed by atoms with E-state index in [1.807, 2.05) is 24.0 Å². The van der Waals surface area contributed by atoms with E-state index in [0.717, 1.165) is 11.1 Å². The number of nitrogens with zero attached hydrogens (tertiary/aromatic N) is 1. The number of carboxylic acids is 1. The summed E-state index contributed by atoms with van der Waals surface area (Å²) in [5.41, 5.74) is 2.44. The number of halogens is 1. The number of carboxylic acid groups (broad SMARTS) is 1. The van der Waals surface area contributed by atoms with Gasteiger partial charge < -0.3 is 24.5 Å². The number of carbonyl (C=O) groups is 2. The molecule has 0 spiro atoms. The molecular formula is C21H25ClN2O5. The molecule has 0 saturated carbocycles. The van der Waals surface area contributed by atoms with Gasteiger partial charge in [0.2, 0.25) is 0 Å². The maximum absolute atomic E-state index is 12.3. The number of aromatic carboxylic acids is 1. The van der Waals surface area contributed by atoms with E-state index < -0.39 is 12.3 Å². The van der Waals surface area contributed by atoms with Gasteiger partial charge in [-0.05, 0) is 44.4 Å². The predicted molar refractivity (Wildman–Crippen MR) is 110 cm³/mol. The van der Waals surface area contributed by atoms with Crippen LogP contribution < -0.4 is 4.90 Å². The number of rotatable bonds is 7. The first-order valence-corrected chi connectivity index (χ1v) is 10.1. The highest BCUT2D eigenvalue weighted by Gasteiger charge is 2.31. The van der Waals surface area contributed by atoms with E-state index in [1.54, 1.807) is 25.3 Å². The SMILES string of the molecule is CCOC(C)OC(=O)C1CCN(c2c(-c3ccc(Cl)cc3)c[nH]c2C(=O)O)CC1. The molecule has 1 unspecified atom stereocenters. The minimum Gasteiger partial charge on any atom is -0.477 e. The molecule has 0 amide bonds. The monoisotopic (exact) mass is 420 g/mol. The van der Waals surface area contributed by atoms with Gasteiger partial charge >= 0.3 is 11.9 Å². The molecule has 1 aromatic carbocycles. The Morgan fingerprint density at radius 2 is 1.93 bits per heavy atom. The molecule has 1 aliphatic heterocycles. The number of carbonyl (C=O) groups excluding carboxylic acids is 1. The third-order valence-electron chi connectivity index (χ3n) is 5.05. The van der Waals surface area contributed by atoms with Crippen LogP contribution in [0.4, 0.5) is 5.69 Å². The maximum Gasteiger partial charge on any atom is 0.354 e. The number of aromatic amines is 1. The van der Waals surface area contributed by atoms with E-state index in [9.17, 15) is 14.7 Å². The van der Waals surface area contributed by atoms with Crippen LogP contribution in [0.25, 0.3) is 11.1 Å². The summed E-state index contributed by atoms with van der Waals surface area (Å²) in [6.07, 6.45) is 2.31. The van der Waals surface area contributed by atoms with Crippen molar-refractivity contribution in [2.24, 2.45) is 5.92 Å². The normalized spacial score (nSPS) is 15.9. The average molecular weight is 421 g/mol. The Hall–Kier alpha value is -2.51. The third-order valence-corrected chi connectivity index (χ3v) is 5.30. The Morgan fingerprint density at radius 1 is 1.28 bits per heavy atom. The van der Waals surface area contributed by atoms with Gasteiger partial charge in [0, 0.05) is 36.5 Å². The fourth-order valence-corrected chi connectivity index (χ4v) is 3.75. The number of hydrogen-bond acceptors (Lipinski definition) is 5. The van der Waals surface area contributed by atoms with Gasteiger partial charge in [0.1, 0.15) is 5.69 Å². The van der Waals surface area contributed by atoms with Gasteiger partial charge in [-0.2, -0.15) is 0 Å². The van der Waals surface area contributed by atoms with E-state index in [-0.39, 0.29) is 17.6 Å². The van der Waals surface area contributed by atoms with Crippen LogP contribution in [-0.4, -0.2) is 48.0 Å². The lowest BCUT2D eigenvalue weighted by Gasteiger charge is -2.33. The minimum absolute atomic E-state index is 0.140. The smallest absolute Gasteiger partial charge is 0.354 e. The molecule has 0 aliphatic carbocycles. The van der Waals surface area contributed by atoms with Crippen molar-refractivity contribution in [3.8, 4) is 11.1 Å². The number of piperidine rings is 1. The molecule has 1 atom stereocenters. The zero-order valence-electron chi connectivity index (χ0n) is 16.5. The van der Waals surface area contributed by atoms with Crippen LogP contribution in [0.15, 0.2) is 30.5 Å². The highest BCUT2D eigenvalue weighted by Crippen LogP contribution is 2.37. The number of hydrogen-bond donors (Lipinski definition) is 2. The Morgan fingerprint density at radius 3 is 2.52 bits per heavy atom. The van der Waals surface area contributed by atoms with Crippen molar-refractivity contribution >= 4 is 29.2 Å². The highest BCUT2D eigenvalue weighted by molar-refractivity contribution is 6.30. The lowest BCUT2D eigenvalue weighted by Crippen LogP contribution is -2.38. The Labute approximate surface area is 174 Å². The van der Waals surface area contributed by atoms with E-state index in [4.69, 9.17) is 21.1 Å². The minimum atomic E-state index is -1.02. The second kappa shape index (κ2) is 9.33. The standard InChI is InChI=1S/C21H25ClN2O5/c1-3-28-13(2)29-21(27)15-8-10-24(11-9-15)19-17(12-23-18(19)20(25)26)14-4-6-16(22)7-5-14/h4-7,12-13,15,23H,3,8-11H2,1-2H3,(H,25,26). The molecule has 2 N–H and O–H groups in total. The first-order valence-electron chi connectivity index (χ1n) is 9.68. The molecule has 1 aliphatic rings. The topological polar surface area (TPSA) is 91.9 Å². The van der Waals surface area contributed by atoms with Crippen LogP contribution in [0.1, 0.15) is 37.2 Å². The van der Waals surface area contributed by atoms with E-state index in [0.29, 0.717) is 43.2 Å². The number of ether oxygens (including phenoxy) is 2. The molecule has 8 heteroatoms. The summed E-state index contributed by atoms with van der Waals surface area (Å²) in [6.45, 7) is 5.14. The largest absolute Gasteiger partial charge is 0.477 e. The van der Waals surface area contributed by atoms with E-state index in [1.165, 1.54) is 0 Å². The summed E-state index contributed by atoms with van der Waals surface area (Å²) in [4.78, 5) is 29.0. The number of aromatic nitrogens is 1. The van der Waals surface area contributed by atoms with Crippen LogP contribution in [0.2, 0.25) is 5.02 Å². The lowest BCUT2D eigenvalue weighted by molar-refractivity contribution is -0.179. The number of H-pyrrole nitrogens is 1. The average Bonchev–Trinajstić information content (AvgIpc) is 3.14. The maximum atomic E-state index is 12.3. The fourth-order valence-electron chi connectivity index (χ4n) is 3.62. The van der Waals surface area contributed by atoms with Crippen molar-refractivity contribution in [3.05, 3.63) is 41.2 Å². The molecule has 1 fully saturated rings. The van der Waals surface area contributed by atoms with Crippen molar-refractivity contribution in [2.75, 3.05) is 24.6 Å². The van der Waals surface area contributed by atoms with E-state index >= 15 is 0 Å². The summed E-state index contributed by atoms with van der Waals surface area (Å²) in [7, 11) is 0. The molecule has 0 bridgehead atoms.